The Labute approximate surface area is 115 Å². The van der Waals surface area contributed by atoms with E-state index in [4.69, 9.17) is 0 Å². The second-order valence-corrected chi connectivity index (χ2v) is 5.86. The van der Waals surface area contributed by atoms with Gasteiger partial charge in [0.1, 0.15) is 0 Å². The smallest absolute Gasteiger partial charge is 0.156 e. The van der Waals surface area contributed by atoms with Gasteiger partial charge in [0.05, 0.1) is 0 Å². The van der Waals surface area contributed by atoms with E-state index < -0.39 is 5.60 Å². The standard InChI is InChI=1S/C18H20O/c1-5-13-18(19,17(2,3)4)16-12-8-10-14-9-6-7-11-15(14)16/h6-12,19H,1-4H3. The normalized spacial score (nSPS) is 14.6. The van der Waals surface area contributed by atoms with Gasteiger partial charge in [0.25, 0.3) is 0 Å². The molecule has 2 rings (SSSR count). The molecule has 0 heterocycles. The van der Waals surface area contributed by atoms with Crippen LogP contribution in [0.15, 0.2) is 42.5 Å². The minimum absolute atomic E-state index is 0.361. The summed E-state index contributed by atoms with van der Waals surface area (Å²) in [6.07, 6.45) is 0. The molecule has 0 saturated heterocycles. The van der Waals surface area contributed by atoms with Gasteiger partial charge in [0.2, 0.25) is 0 Å². The van der Waals surface area contributed by atoms with Gasteiger partial charge in [-0.25, -0.2) is 0 Å². The highest BCUT2D eigenvalue weighted by Crippen LogP contribution is 2.41. The Hall–Kier alpha value is -1.78. The van der Waals surface area contributed by atoms with Crippen LogP contribution in [0.25, 0.3) is 10.8 Å². The number of benzene rings is 2. The van der Waals surface area contributed by atoms with E-state index in [9.17, 15) is 5.11 Å². The zero-order valence-electron chi connectivity index (χ0n) is 12.0. The third-order valence-corrected chi connectivity index (χ3v) is 3.57. The van der Waals surface area contributed by atoms with Crippen LogP contribution in [0.1, 0.15) is 33.3 Å². The maximum absolute atomic E-state index is 11.1. The molecule has 0 amide bonds. The minimum Gasteiger partial charge on any atom is -0.373 e. The van der Waals surface area contributed by atoms with Gasteiger partial charge in [-0.2, -0.15) is 0 Å². The molecule has 0 fully saturated rings. The molecule has 0 aliphatic heterocycles. The highest BCUT2D eigenvalue weighted by Gasteiger charge is 2.41. The van der Waals surface area contributed by atoms with Gasteiger partial charge in [-0.15, -0.1) is 5.92 Å². The molecule has 0 spiro atoms. The Kier molecular flexibility index (Phi) is 3.39. The Morgan fingerprint density at radius 2 is 1.58 bits per heavy atom. The third-order valence-electron chi connectivity index (χ3n) is 3.57. The first-order valence-corrected chi connectivity index (χ1v) is 6.54. The predicted octanol–water partition coefficient (Wildman–Crippen LogP) is 4.10. The van der Waals surface area contributed by atoms with Crippen molar-refractivity contribution in [2.75, 3.05) is 0 Å². The van der Waals surface area contributed by atoms with Crippen molar-refractivity contribution in [3.05, 3.63) is 48.0 Å². The largest absolute Gasteiger partial charge is 0.373 e. The van der Waals surface area contributed by atoms with E-state index in [1.165, 1.54) is 0 Å². The van der Waals surface area contributed by atoms with Crippen molar-refractivity contribution in [3.63, 3.8) is 0 Å². The van der Waals surface area contributed by atoms with Gasteiger partial charge < -0.3 is 5.11 Å². The highest BCUT2D eigenvalue weighted by molar-refractivity contribution is 5.87. The molecule has 98 valence electrons. The van der Waals surface area contributed by atoms with Gasteiger partial charge >= 0.3 is 0 Å². The predicted molar refractivity (Wildman–Crippen MR) is 80.7 cm³/mol. The summed E-state index contributed by atoms with van der Waals surface area (Å²) < 4.78 is 0. The summed E-state index contributed by atoms with van der Waals surface area (Å²) in [6, 6.07) is 14.1. The quantitative estimate of drug-likeness (QED) is 0.758. The zero-order chi connectivity index (χ0) is 14.1. The molecule has 0 saturated carbocycles. The lowest BCUT2D eigenvalue weighted by Crippen LogP contribution is -2.38. The SMILES string of the molecule is CC#CC(O)(c1cccc2ccccc12)C(C)(C)C. The van der Waals surface area contributed by atoms with Crippen LogP contribution in [0.4, 0.5) is 0 Å². The topological polar surface area (TPSA) is 20.2 Å². The lowest BCUT2D eigenvalue weighted by Gasteiger charge is -2.37. The Morgan fingerprint density at radius 1 is 0.947 bits per heavy atom. The van der Waals surface area contributed by atoms with Gasteiger partial charge in [-0.05, 0) is 17.7 Å². The number of rotatable bonds is 1. The summed E-state index contributed by atoms with van der Waals surface area (Å²) in [6.45, 7) is 7.80. The molecule has 1 atom stereocenters. The molecule has 1 unspecified atom stereocenters. The summed E-state index contributed by atoms with van der Waals surface area (Å²) in [5, 5.41) is 13.3. The van der Waals surface area contributed by atoms with E-state index in [-0.39, 0.29) is 5.41 Å². The molecule has 0 aromatic heterocycles. The molecule has 1 nitrogen and oxygen atoms in total. The summed E-state index contributed by atoms with van der Waals surface area (Å²) in [4.78, 5) is 0. The van der Waals surface area contributed by atoms with E-state index in [0.29, 0.717) is 0 Å². The molecule has 2 aromatic carbocycles. The number of aliphatic hydroxyl groups is 1. The van der Waals surface area contributed by atoms with Crippen LogP contribution in [-0.4, -0.2) is 5.11 Å². The van der Waals surface area contributed by atoms with Crippen molar-refractivity contribution < 1.29 is 5.11 Å². The molecule has 0 aliphatic carbocycles. The van der Waals surface area contributed by atoms with E-state index >= 15 is 0 Å². The van der Waals surface area contributed by atoms with E-state index in [1.54, 1.807) is 6.92 Å². The summed E-state index contributed by atoms with van der Waals surface area (Å²) in [7, 11) is 0. The first kappa shape index (κ1) is 13.6. The highest BCUT2D eigenvalue weighted by atomic mass is 16.3. The first-order valence-electron chi connectivity index (χ1n) is 6.54. The number of fused-ring (bicyclic) bond motifs is 1. The fourth-order valence-corrected chi connectivity index (χ4v) is 2.38. The van der Waals surface area contributed by atoms with Crippen LogP contribution in [0.5, 0.6) is 0 Å². The van der Waals surface area contributed by atoms with E-state index in [2.05, 4.69) is 24.0 Å². The fourth-order valence-electron chi connectivity index (χ4n) is 2.38. The maximum atomic E-state index is 11.1. The minimum atomic E-state index is -1.15. The van der Waals surface area contributed by atoms with Crippen LogP contribution >= 0.6 is 0 Å². The average molecular weight is 252 g/mol. The molecule has 0 aliphatic rings. The molecule has 2 aromatic rings. The van der Waals surface area contributed by atoms with E-state index in [0.717, 1.165) is 16.3 Å². The Bertz CT molecular complexity index is 647. The molecular formula is C18H20O. The Balaban J connectivity index is 2.80. The van der Waals surface area contributed by atoms with Gasteiger partial charge in [-0.3, -0.25) is 0 Å². The van der Waals surface area contributed by atoms with Gasteiger partial charge in [0, 0.05) is 11.0 Å². The maximum Gasteiger partial charge on any atom is 0.156 e. The molecule has 1 N–H and O–H groups in total. The third kappa shape index (κ3) is 2.25. The molecular weight excluding hydrogens is 232 g/mol. The van der Waals surface area contributed by atoms with Crippen molar-refractivity contribution in [1.82, 2.24) is 0 Å². The number of hydrogen-bond donors (Lipinski definition) is 1. The van der Waals surface area contributed by atoms with Gasteiger partial charge in [-0.1, -0.05) is 69.2 Å². The second-order valence-electron chi connectivity index (χ2n) is 5.86. The van der Waals surface area contributed by atoms with Crippen LogP contribution in [0.3, 0.4) is 0 Å². The average Bonchev–Trinajstić information content (AvgIpc) is 2.37. The summed E-state index contributed by atoms with van der Waals surface area (Å²) in [5.41, 5.74) is -0.629. The van der Waals surface area contributed by atoms with Crippen LogP contribution in [-0.2, 0) is 5.60 Å². The Morgan fingerprint density at radius 3 is 2.21 bits per heavy atom. The lowest BCUT2D eigenvalue weighted by molar-refractivity contribution is -0.00775. The fraction of sp³-hybridized carbons (Fsp3) is 0.333. The van der Waals surface area contributed by atoms with Crippen molar-refractivity contribution in [2.45, 2.75) is 33.3 Å². The van der Waals surface area contributed by atoms with Gasteiger partial charge in [0.15, 0.2) is 5.60 Å². The van der Waals surface area contributed by atoms with E-state index in [1.807, 2.05) is 51.1 Å². The van der Waals surface area contributed by atoms with Crippen LogP contribution in [0.2, 0.25) is 0 Å². The molecule has 19 heavy (non-hydrogen) atoms. The van der Waals surface area contributed by atoms with Crippen molar-refractivity contribution in [1.29, 1.82) is 0 Å². The monoisotopic (exact) mass is 252 g/mol. The zero-order valence-corrected chi connectivity index (χ0v) is 12.0. The van der Waals surface area contributed by atoms with Crippen molar-refractivity contribution in [3.8, 4) is 11.8 Å². The summed E-state index contributed by atoms with van der Waals surface area (Å²) in [5.74, 6) is 5.89. The summed E-state index contributed by atoms with van der Waals surface area (Å²) >= 11 is 0. The molecule has 0 bridgehead atoms. The first-order chi connectivity index (χ1) is 8.90. The van der Waals surface area contributed by atoms with Crippen molar-refractivity contribution >= 4 is 10.8 Å². The van der Waals surface area contributed by atoms with Crippen molar-refractivity contribution in [2.24, 2.45) is 5.41 Å². The van der Waals surface area contributed by atoms with Crippen LogP contribution < -0.4 is 0 Å². The molecule has 1 heteroatoms. The lowest BCUT2D eigenvalue weighted by atomic mass is 9.71. The number of hydrogen-bond acceptors (Lipinski definition) is 1. The molecule has 0 radical (unpaired) electrons. The van der Waals surface area contributed by atoms with Crippen LogP contribution in [0, 0.1) is 17.3 Å². The second kappa shape index (κ2) is 4.72.